The fourth-order valence-electron chi connectivity index (χ4n) is 5.76. The third-order valence-electron chi connectivity index (χ3n) is 7.71. The first kappa shape index (κ1) is 23.1. The third-order valence-corrected chi connectivity index (χ3v) is 7.71. The molecule has 2 saturated carbocycles. The zero-order valence-electron chi connectivity index (χ0n) is 17.6. The van der Waals surface area contributed by atoms with Crippen molar-refractivity contribution in [3.05, 3.63) is 0 Å². The van der Waals surface area contributed by atoms with Crippen molar-refractivity contribution in [2.45, 2.75) is 65.8 Å². The predicted octanol–water partition coefficient (Wildman–Crippen LogP) is 1.49. The molecular formula is C20H38N4O4. The van der Waals surface area contributed by atoms with E-state index >= 15 is 0 Å². The van der Waals surface area contributed by atoms with Gasteiger partial charge in [-0.05, 0) is 61.3 Å². The first-order chi connectivity index (χ1) is 13.0. The van der Waals surface area contributed by atoms with Gasteiger partial charge in [-0.3, -0.25) is 20.0 Å². The quantitative estimate of drug-likeness (QED) is 0.325. The largest absolute Gasteiger partial charge is 0.330 e. The molecule has 0 bridgehead atoms. The molecular weight excluding hydrogens is 360 g/mol. The average Bonchev–Trinajstić information content (AvgIpc) is 3.11. The van der Waals surface area contributed by atoms with E-state index < -0.39 is 23.3 Å². The SMILES string of the molecule is CC1CC(CN)(C(C(=O)NO)N(O)C(=O)CC2(CN)C[C@@H](C)[C@@H](C)C2)CC1C. The molecule has 162 valence electrons. The maximum atomic E-state index is 13.0. The molecule has 8 nitrogen and oxygen atoms in total. The lowest BCUT2D eigenvalue weighted by Crippen LogP contribution is -2.59. The van der Waals surface area contributed by atoms with Crippen LogP contribution in [0, 0.1) is 34.5 Å². The highest BCUT2D eigenvalue weighted by Gasteiger charge is 2.53. The van der Waals surface area contributed by atoms with Gasteiger partial charge in [0, 0.05) is 18.4 Å². The summed E-state index contributed by atoms with van der Waals surface area (Å²) in [7, 11) is 0. The van der Waals surface area contributed by atoms with Gasteiger partial charge in [0.1, 0.15) is 6.04 Å². The van der Waals surface area contributed by atoms with Crippen molar-refractivity contribution in [3.63, 3.8) is 0 Å². The number of amides is 2. The Bertz CT molecular complexity index is 565. The number of hydroxylamine groups is 3. The predicted molar refractivity (Wildman–Crippen MR) is 105 cm³/mol. The van der Waals surface area contributed by atoms with Gasteiger partial charge in [0.2, 0.25) is 5.91 Å². The van der Waals surface area contributed by atoms with Gasteiger partial charge < -0.3 is 11.5 Å². The zero-order valence-corrected chi connectivity index (χ0v) is 17.6. The van der Waals surface area contributed by atoms with Crippen LogP contribution in [0.2, 0.25) is 0 Å². The molecule has 2 aliphatic carbocycles. The third kappa shape index (κ3) is 4.20. The molecule has 2 fully saturated rings. The van der Waals surface area contributed by atoms with Crippen LogP contribution in [0.15, 0.2) is 0 Å². The van der Waals surface area contributed by atoms with E-state index in [2.05, 4.69) is 27.7 Å². The molecule has 0 aromatic carbocycles. The molecule has 0 aromatic heterocycles. The summed E-state index contributed by atoms with van der Waals surface area (Å²) in [5, 5.41) is 20.6. The van der Waals surface area contributed by atoms with E-state index in [-0.39, 0.29) is 18.4 Å². The lowest BCUT2D eigenvalue weighted by atomic mass is 9.76. The number of rotatable bonds is 7. The van der Waals surface area contributed by atoms with E-state index in [1.165, 1.54) is 0 Å². The number of nitrogens with two attached hydrogens (primary N) is 2. The molecule has 0 aliphatic heterocycles. The summed E-state index contributed by atoms with van der Waals surface area (Å²) in [5.74, 6) is 0.151. The monoisotopic (exact) mass is 398 g/mol. The van der Waals surface area contributed by atoms with E-state index in [0.717, 1.165) is 12.8 Å². The highest BCUT2D eigenvalue weighted by atomic mass is 16.5. The Morgan fingerprint density at radius 3 is 1.86 bits per heavy atom. The van der Waals surface area contributed by atoms with Gasteiger partial charge in [-0.15, -0.1) is 0 Å². The Balaban J connectivity index is 2.26. The molecule has 2 aliphatic rings. The lowest BCUT2D eigenvalue weighted by molar-refractivity contribution is -0.196. The normalized spacial score (nSPS) is 39.0. The molecule has 0 saturated heterocycles. The van der Waals surface area contributed by atoms with Crippen LogP contribution in [0.1, 0.15) is 59.8 Å². The molecule has 2 amide bonds. The molecule has 0 spiro atoms. The van der Waals surface area contributed by atoms with E-state index in [4.69, 9.17) is 11.5 Å². The van der Waals surface area contributed by atoms with Crippen molar-refractivity contribution in [2.24, 2.45) is 46.0 Å². The van der Waals surface area contributed by atoms with Gasteiger partial charge >= 0.3 is 0 Å². The standard InChI is InChI=1S/C20H38N4O4/c1-12-5-19(10-21,6-13(12)2)9-16(25)24(28)17(18(26)23-27)20(11-22)7-14(3)15(4)8-20/h12-15,17,27-28H,5-11,21-22H2,1-4H3,(H,23,26)/t12-,13+,14?,15?,17?,19?,20?. The van der Waals surface area contributed by atoms with E-state index in [0.29, 0.717) is 48.1 Å². The molecule has 0 aromatic rings. The molecule has 0 heterocycles. The van der Waals surface area contributed by atoms with Crippen molar-refractivity contribution in [1.82, 2.24) is 10.5 Å². The first-order valence-electron chi connectivity index (χ1n) is 10.4. The summed E-state index contributed by atoms with van der Waals surface area (Å²) in [6.07, 6.45) is 2.91. The second-order valence-electron chi connectivity index (χ2n) is 9.79. The van der Waals surface area contributed by atoms with Gasteiger partial charge in [0.25, 0.3) is 5.91 Å². The highest BCUT2D eigenvalue weighted by Crippen LogP contribution is 2.50. The first-order valence-corrected chi connectivity index (χ1v) is 10.4. The number of nitrogens with one attached hydrogen (secondary N) is 1. The van der Waals surface area contributed by atoms with Crippen molar-refractivity contribution >= 4 is 11.8 Å². The van der Waals surface area contributed by atoms with E-state index in [1.54, 1.807) is 5.48 Å². The summed E-state index contributed by atoms with van der Waals surface area (Å²) in [5.41, 5.74) is 12.5. The minimum atomic E-state index is -1.23. The summed E-state index contributed by atoms with van der Waals surface area (Å²) in [4.78, 5) is 25.6. The van der Waals surface area contributed by atoms with Crippen LogP contribution in [0.3, 0.4) is 0 Å². The van der Waals surface area contributed by atoms with Crippen molar-refractivity contribution in [1.29, 1.82) is 0 Å². The topological polar surface area (TPSA) is 142 Å². The Morgan fingerprint density at radius 2 is 1.46 bits per heavy atom. The van der Waals surface area contributed by atoms with Crippen LogP contribution in [0.5, 0.6) is 0 Å². The number of carbonyl (C=O) groups excluding carboxylic acids is 2. The highest BCUT2D eigenvalue weighted by molar-refractivity contribution is 5.87. The van der Waals surface area contributed by atoms with Crippen molar-refractivity contribution in [2.75, 3.05) is 13.1 Å². The molecule has 4 unspecified atom stereocenters. The van der Waals surface area contributed by atoms with Crippen LogP contribution in [-0.2, 0) is 9.59 Å². The molecule has 2 rings (SSSR count). The number of nitrogens with zero attached hydrogens (tertiary/aromatic N) is 1. The minimum absolute atomic E-state index is 0.0790. The van der Waals surface area contributed by atoms with Gasteiger partial charge in [-0.25, -0.2) is 10.5 Å². The van der Waals surface area contributed by atoms with Crippen LogP contribution in [0.25, 0.3) is 0 Å². The smallest absolute Gasteiger partial charge is 0.269 e. The zero-order chi connectivity index (χ0) is 21.3. The molecule has 6 atom stereocenters. The second kappa shape index (κ2) is 8.65. The van der Waals surface area contributed by atoms with Crippen LogP contribution < -0.4 is 16.9 Å². The summed E-state index contributed by atoms with van der Waals surface area (Å²) >= 11 is 0. The summed E-state index contributed by atoms with van der Waals surface area (Å²) < 4.78 is 0. The van der Waals surface area contributed by atoms with Crippen LogP contribution in [0.4, 0.5) is 0 Å². The summed E-state index contributed by atoms with van der Waals surface area (Å²) in [6.45, 7) is 8.94. The fourth-order valence-corrected chi connectivity index (χ4v) is 5.76. The molecule has 8 heteroatoms. The van der Waals surface area contributed by atoms with Crippen molar-refractivity contribution in [3.8, 4) is 0 Å². The second-order valence-corrected chi connectivity index (χ2v) is 9.79. The fraction of sp³-hybridized carbons (Fsp3) is 0.900. The Labute approximate surface area is 167 Å². The van der Waals surface area contributed by atoms with Gasteiger partial charge in [0.05, 0.1) is 0 Å². The molecule has 7 N–H and O–H groups in total. The molecule has 28 heavy (non-hydrogen) atoms. The van der Waals surface area contributed by atoms with E-state index in [9.17, 15) is 20.0 Å². The van der Waals surface area contributed by atoms with E-state index in [1.807, 2.05) is 0 Å². The lowest BCUT2D eigenvalue weighted by Gasteiger charge is -2.40. The maximum Gasteiger partial charge on any atom is 0.269 e. The Hall–Kier alpha value is -1.22. The van der Waals surface area contributed by atoms with Crippen LogP contribution >= 0.6 is 0 Å². The summed E-state index contributed by atoms with van der Waals surface area (Å²) in [6, 6.07) is -1.23. The number of hydrogen-bond donors (Lipinski definition) is 5. The Morgan fingerprint density at radius 1 is 1.00 bits per heavy atom. The number of carbonyl (C=O) groups is 2. The van der Waals surface area contributed by atoms with Crippen molar-refractivity contribution < 1.29 is 20.0 Å². The van der Waals surface area contributed by atoms with Gasteiger partial charge in [-0.1, -0.05) is 27.7 Å². The Kier molecular flexibility index (Phi) is 7.12. The number of hydrogen-bond acceptors (Lipinski definition) is 6. The van der Waals surface area contributed by atoms with Gasteiger partial charge in [0.15, 0.2) is 0 Å². The molecule has 0 radical (unpaired) electrons. The maximum absolute atomic E-state index is 13.0. The minimum Gasteiger partial charge on any atom is -0.330 e. The van der Waals surface area contributed by atoms with Gasteiger partial charge in [-0.2, -0.15) is 0 Å². The average molecular weight is 399 g/mol. The van der Waals surface area contributed by atoms with Crippen LogP contribution in [-0.4, -0.2) is 46.4 Å².